The predicted molar refractivity (Wildman–Crippen MR) is 112 cm³/mol. The third kappa shape index (κ3) is 3.89. The van der Waals surface area contributed by atoms with Gasteiger partial charge in [-0.3, -0.25) is 4.79 Å². The SMILES string of the molecule is CCN(C)c1cccnc1N(C)CCN(C)C(=O)c1c[nH]c2ccccc12. The largest absolute Gasteiger partial charge is 0.372 e. The van der Waals surface area contributed by atoms with Crippen molar-refractivity contribution >= 4 is 28.3 Å². The van der Waals surface area contributed by atoms with Crippen LogP contribution in [0.1, 0.15) is 17.3 Å². The molecule has 1 amide bonds. The highest BCUT2D eigenvalue weighted by Gasteiger charge is 2.17. The zero-order valence-electron chi connectivity index (χ0n) is 16.4. The summed E-state index contributed by atoms with van der Waals surface area (Å²) in [5.74, 6) is 0.947. The van der Waals surface area contributed by atoms with Gasteiger partial charge < -0.3 is 19.7 Å². The number of aromatic amines is 1. The fourth-order valence-corrected chi connectivity index (χ4v) is 3.11. The second-order valence-corrected chi connectivity index (χ2v) is 6.76. The van der Waals surface area contributed by atoms with Crippen molar-refractivity contribution in [3.63, 3.8) is 0 Å². The summed E-state index contributed by atoms with van der Waals surface area (Å²) in [6.07, 6.45) is 3.60. The Morgan fingerprint density at radius 3 is 2.59 bits per heavy atom. The fraction of sp³-hybridized carbons (Fsp3) is 0.333. The molecule has 0 unspecified atom stereocenters. The first-order valence-corrected chi connectivity index (χ1v) is 9.21. The molecule has 1 N–H and O–H groups in total. The van der Waals surface area contributed by atoms with Crippen LogP contribution in [0.5, 0.6) is 0 Å². The molecular formula is C21H27N5O. The fourth-order valence-electron chi connectivity index (χ4n) is 3.11. The van der Waals surface area contributed by atoms with Gasteiger partial charge in [0.25, 0.3) is 5.91 Å². The lowest BCUT2D eigenvalue weighted by atomic mass is 10.1. The minimum atomic E-state index is 0.0211. The second kappa shape index (κ2) is 8.12. The van der Waals surface area contributed by atoms with Crippen LogP contribution in [0.25, 0.3) is 10.9 Å². The van der Waals surface area contributed by atoms with E-state index < -0.39 is 0 Å². The molecule has 2 heterocycles. The van der Waals surface area contributed by atoms with Crippen molar-refractivity contribution in [3.05, 3.63) is 54.4 Å². The number of nitrogens with one attached hydrogen (secondary N) is 1. The number of likely N-dealkylation sites (N-methyl/N-ethyl adjacent to an activating group) is 2. The Kier molecular flexibility index (Phi) is 5.64. The van der Waals surface area contributed by atoms with Gasteiger partial charge in [-0.15, -0.1) is 0 Å². The van der Waals surface area contributed by atoms with Gasteiger partial charge in [0.2, 0.25) is 0 Å². The molecule has 0 bridgehead atoms. The Labute approximate surface area is 160 Å². The molecule has 0 aliphatic rings. The third-order valence-corrected chi connectivity index (χ3v) is 4.95. The average molecular weight is 365 g/mol. The molecule has 0 saturated heterocycles. The van der Waals surface area contributed by atoms with E-state index in [-0.39, 0.29) is 5.91 Å². The van der Waals surface area contributed by atoms with Crippen molar-refractivity contribution in [2.24, 2.45) is 0 Å². The van der Waals surface area contributed by atoms with Crippen LogP contribution in [-0.4, -0.2) is 61.6 Å². The van der Waals surface area contributed by atoms with E-state index in [2.05, 4.69) is 39.8 Å². The third-order valence-electron chi connectivity index (χ3n) is 4.95. The first-order chi connectivity index (χ1) is 13.0. The van der Waals surface area contributed by atoms with Crippen LogP contribution < -0.4 is 9.80 Å². The van der Waals surface area contributed by atoms with Crippen LogP contribution in [0.15, 0.2) is 48.8 Å². The predicted octanol–water partition coefficient (Wildman–Crippen LogP) is 3.23. The number of pyridine rings is 1. The summed E-state index contributed by atoms with van der Waals surface area (Å²) in [6.45, 7) is 4.34. The number of fused-ring (bicyclic) bond motifs is 1. The van der Waals surface area contributed by atoms with Gasteiger partial charge in [0.05, 0.1) is 11.3 Å². The highest BCUT2D eigenvalue weighted by Crippen LogP contribution is 2.25. The lowest BCUT2D eigenvalue weighted by molar-refractivity contribution is 0.0801. The molecule has 0 atom stereocenters. The lowest BCUT2D eigenvalue weighted by Crippen LogP contribution is -2.35. The first kappa shape index (κ1) is 18.8. The quantitative estimate of drug-likeness (QED) is 0.698. The Hall–Kier alpha value is -3.02. The summed E-state index contributed by atoms with van der Waals surface area (Å²) < 4.78 is 0. The zero-order valence-corrected chi connectivity index (χ0v) is 16.4. The lowest BCUT2D eigenvalue weighted by Gasteiger charge is -2.27. The number of para-hydroxylation sites is 1. The topological polar surface area (TPSA) is 55.5 Å². The van der Waals surface area contributed by atoms with Crippen molar-refractivity contribution in [2.45, 2.75) is 6.92 Å². The Morgan fingerprint density at radius 1 is 1.04 bits per heavy atom. The molecule has 3 aromatic rings. The van der Waals surface area contributed by atoms with Gasteiger partial charge in [-0.25, -0.2) is 4.98 Å². The number of anilines is 2. The maximum atomic E-state index is 12.9. The van der Waals surface area contributed by atoms with Gasteiger partial charge in [0.1, 0.15) is 0 Å². The number of benzene rings is 1. The van der Waals surface area contributed by atoms with E-state index in [4.69, 9.17) is 0 Å². The zero-order chi connectivity index (χ0) is 19.4. The van der Waals surface area contributed by atoms with E-state index in [0.29, 0.717) is 18.7 Å². The maximum Gasteiger partial charge on any atom is 0.255 e. The van der Waals surface area contributed by atoms with E-state index >= 15 is 0 Å². The monoisotopic (exact) mass is 365 g/mol. The van der Waals surface area contributed by atoms with Gasteiger partial charge in [-0.1, -0.05) is 18.2 Å². The minimum absolute atomic E-state index is 0.0211. The molecule has 0 aliphatic heterocycles. The standard InChI is InChI=1S/C21H27N5O/c1-5-24(2)19-11-8-12-22-20(19)25(3)13-14-26(4)21(27)17-15-23-18-10-7-6-9-16(17)18/h6-12,15,23H,5,13-14H2,1-4H3. The molecule has 27 heavy (non-hydrogen) atoms. The number of H-pyrrole nitrogens is 1. The van der Waals surface area contributed by atoms with E-state index in [9.17, 15) is 4.79 Å². The minimum Gasteiger partial charge on any atom is -0.372 e. The van der Waals surface area contributed by atoms with Gasteiger partial charge in [-0.05, 0) is 25.1 Å². The first-order valence-electron chi connectivity index (χ1n) is 9.21. The summed E-state index contributed by atoms with van der Waals surface area (Å²) in [4.78, 5) is 26.6. The number of amides is 1. The summed E-state index contributed by atoms with van der Waals surface area (Å²) in [5.41, 5.74) is 2.78. The van der Waals surface area contributed by atoms with E-state index in [1.165, 1.54) is 0 Å². The van der Waals surface area contributed by atoms with Crippen molar-refractivity contribution in [2.75, 3.05) is 50.6 Å². The normalized spacial score (nSPS) is 10.8. The summed E-state index contributed by atoms with van der Waals surface area (Å²) in [6, 6.07) is 11.9. The molecule has 0 fully saturated rings. The number of carbonyl (C=O) groups is 1. The second-order valence-electron chi connectivity index (χ2n) is 6.76. The van der Waals surface area contributed by atoms with Gasteiger partial charge >= 0.3 is 0 Å². The number of hydrogen-bond acceptors (Lipinski definition) is 4. The molecule has 2 aromatic heterocycles. The Bertz CT molecular complexity index is 920. The number of nitrogens with zero attached hydrogens (tertiary/aromatic N) is 4. The van der Waals surface area contributed by atoms with Gasteiger partial charge in [-0.2, -0.15) is 0 Å². The Morgan fingerprint density at radius 2 is 1.81 bits per heavy atom. The highest BCUT2D eigenvalue weighted by molar-refractivity contribution is 6.06. The molecular weight excluding hydrogens is 338 g/mol. The number of hydrogen-bond donors (Lipinski definition) is 1. The molecule has 3 rings (SSSR count). The molecule has 0 aliphatic carbocycles. The molecule has 6 nitrogen and oxygen atoms in total. The smallest absolute Gasteiger partial charge is 0.255 e. The summed E-state index contributed by atoms with van der Waals surface area (Å²) in [5, 5.41) is 0.958. The molecule has 1 aromatic carbocycles. The van der Waals surface area contributed by atoms with E-state index in [0.717, 1.165) is 29.0 Å². The average Bonchev–Trinajstić information content (AvgIpc) is 3.14. The van der Waals surface area contributed by atoms with Crippen molar-refractivity contribution in [1.29, 1.82) is 0 Å². The van der Waals surface area contributed by atoms with Crippen LogP contribution in [0.4, 0.5) is 11.5 Å². The van der Waals surface area contributed by atoms with Crippen molar-refractivity contribution < 1.29 is 4.79 Å². The van der Waals surface area contributed by atoms with Gasteiger partial charge in [0, 0.05) is 64.1 Å². The van der Waals surface area contributed by atoms with Crippen LogP contribution in [0.3, 0.4) is 0 Å². The van der Waals surface area contributed by atoms with Crippen LogP contribution in [-0.2, 0) is 0 Å². The molecule has 0 spiro atoms. The maximum absolute atomic E-state index is 12.9. The molecule has 142 valence electrons. The van der Waals surface area contributed by atoms with Crippen molar-refractivity contribution in [1.82, 2.24) is 14.9 Å². The molecule has 0 radical (unpaired) electrons. The van der Waals surface area contributed by atoms with Crippen molar-refractivity contribution in [3.8, 4) is 0 Å². The summed E-state index contributed by atoms with van der Waals surface area (Å²) >= 11 is 0. The highest BCUT2D eigenvalue weighted by atomic mass is 16.2. The van der Waals surface area contributed by atoms with Crippen LogP contribution in [0.2, 0.25) is 0 Å². The molecule has 0 saturated carbocycles. The summed E-state index contributed by atoms with van der Waals surface area (Å²) in [7, 11) is 5.91. The van der Waals surface area contributed by atoms with E-state index in [1.807, 2.05) is 44.4 Å². The van der Waals surface area contributed by atoms with E-state index in [1.54, 1.807) is 17.3 Å². The number of aromatic nitrogens is 2. The van der Waals surface area contributed by atoms with Crippen LogP contribution >= 0.6 is 0 Å². The number of carbonyl (C=O) groups excluding carboxylic acids is 1. The van der Waals surface area contributed by atoms with Crippen LogP contribution in [0, 0.1) is 0 Å². The molecule has 6 heteroatoms. The van der Waals surface area contributed by atoms with Gasteiger partial charge in [0.15, 0.2) is 5.82 Å². The Balaban J connectivity index is 1.69. The number of rotatable bonds is 7.